The van der Waals surface area contributed by atoms with Gasteiger partial charge in [0.25, 0.3) is 0 Å². The summed E-state index contributed by atoms with van der Waals surface area (Å²) >= 11 is 1.27. The van der Waals surface area contributed by atoms with Gasteiger partial charge in [0.2, 0.25) is 0 Å². The fraction of sp³-hybridized carbons (Fsp3) is 0.500. The number of esters is 1. The van der Waals surface area contributed by atoms with Gasteiger partial charge >= 0.3 is 12.1 Å². The Kier molecular flexibility index (Phi) is 8.53. The van der Waals surface area contributed by atoms with Crippen LogP contribution < -0.4 is 0 Å². The zero-order chi connectivity index (χ0) is 25.9. The lowest BCUT2D eigenvalue weighted by Gasteiger charge is -2.42. The first-order valence-electron chi connectivity index (χ1n) is 11.5. The molecule has 1 fully saturated rings. The second kappa shape index (κ2) is 10.9. The maximum Gasteiger partial charge on any atom is 0.416 e. The number of aryl methyl sites for hydroxylation is 1. The van der Waals surface area contributed by atoms with E-state index in [0.29, 0.717) is 23.3 Å². The van der Waals surface area contributed by atoms with Crippen LogP contribution in [0.5, 0.6) is 0 Å². The van der Waals surface area contributed by atoms with Crippen molar-refractivity contribution in [3.05, 3.63) is 57.8 Å². The van der Waals surface area contributed by atoms with Crippen LogP contribution in [0.3, 0.4) is 0 Å². The van der Waals surface area contributed by atoms with Gasteiger partial charge in [-0.3, -0.25) is 0 Å². The second-order valence-corrected chi connectivity index (χ2v) is 15.4. The lowest BCUT2D eigenvalue weighted by atomic mass is 9.81. The van der Waals surface area contributed by atoms with Gasteiger partial charge in [-0.25, -0.2) is 4.79 Å². The first kappa shape index (κ1) is 27.5. The Balaban J connectivity index is 1.90. The Bertz CT molecular complexity index is 1070. The average Bonchev–Trinajstić information content (AvgIpc) is 3.34. The zero-order valence-corrected chi connectivity index (χ0v) is 22.1. The number of methoxy groups -OCH3 is 1. The Labute approximate surface area is 209 Å². The Morgan fingerprint density at radius 2 is 1.89 bits per heavy atom. The maximum absolute atomic E-state index is 14.7. The van der Waals surface area contributed by atoms with Crippen LogP contribution in [0.15, 0.2) is 42.5 Å². The molecule has 4 nitrogen and oxygen atoms in total. The second-order valence-electron chi connectivity index (χ2n) is 9.79. The number of aliphatic hydroxyl groups excluding tert-OH is 1. The number of ether oxygens (including phenoxy) is 1. The van der Waals surface area contributed by atoms with Crippen molar-refractivity contribution >= 4 is 25.6 Å². The van der Waals surface area contributed by atoms with Crippen LogP contribution in [0.1, 0.15) is 39.4 Å². The highest BCUT2D eigenvalue weighted by atomic mass is 32.1. The number of hydrogen-bond acceptors (Lipinski definition) is 5. The van der Waals surface area contributed by atoms with Crippen molar-refractivity contribution in [2.45, 2.75) is 63.2 Å². The van der Waals surface area contributed by atoms with E-state index in [1.165, 1.54) is 18.4 Å². The molecule has 4 atom stereocenters. The van der Waals surface area contributed by atoms with Crippen molar-refractivity contribution in [2.24, 2.45) is 11.8 Å². The molecule has 0 radical (unpaired) electrons. The minimum absolute atomic E-state index is 0.181. The van der Waals surface area contributed by atoms with E-state index in [0.717, 1.165) is 4.88 Å². The predicted octanol–water partition coefficient (Wildman–Crippen LogP) is 6.06. The van der Waals surface area contributed by atoms with Crippen molar-refractivity contribution < 1.29 is 32.2 Å². The van der Waals surface area contributed by atoms with Crippen molar-refractivity contribution in [3.8, 4) is 11.8 Å². The monoisotopic (exact) mass is 524 g/mol. The molecule has 0 aliphatic heterocycles. The molecular formula is C26H31F3O4SSi. The number of hydrogen-bond donors (Lipinski definition) is 1. The first-order valence-corrected chi connectivity index (χ1v) is 15.8. The van der Waals surface area contributed by atoms with Crippen LogP contribution in [0.25, 0.3) is 0 Å². The fourth-order valence-corrected chi connectivity index (χ4v) is 7.12. The third-order valence-electron chi connectivity index (χ3n) is 6.07. The third kappa shape index (κ3) is 6.56. The van der Waals surface area contributed by atoms with Crippen molar-refractivity contribution in [3.63, 3.8) is 0 Å². The molecule has 1 aromatic heterocycles. The van der Waals surface area contributed by atoms with E-state index in [-0.39, 0.29) is 6.42 Å². The van der Waals surface area contributed by atoms with Gasteiger partial charge in [0.15, 0.2) is 13.9 Å². The highest BCUT2D eigenvalue weighted by Crippen LogP contribution is 2.55. The van der Waals surface area contributed by atoms with Crippen LogP contribution in [-0.4, -0.2) is 44.4 Å². The minimum atomic E-state index is -4.65. The van der Waals surface area contributed by atoms with E-state index >= 15 is 0 Å². The van der Waals surface area contributed by atoms with E-state index in [4.69, 9.17) is 9.16 Å². The lowest BCUT2D eigenvalue weighted by molar-refractivity contribution is -0.267. The van der Waals surface area contributed by atoms with Crippen LogP contribution in [-0.2, 0) is 15.6 Å². The van der Waals surface area contributed by atoms with Gasteiger partial charge in [-0.15, -0.1) is 11.3 Å². The van der Waals surface area contributed by atoms with Gasteiger partial charge in [0.1, 0.15) is 4.88 Å². The predicted molar refractivity (Wildman–Crippen MR) is 133 cm³/mol. The van der Waals surface area contributed by atoms with E-state index in [2.05, 4.69) is 11.8 Å². The van der Waals surface area contributed by atoms with E-state index < -0.39 is 50.4 Å². The molecule has 35 heavy (non-hydrogen) atoms. The topological polar surface area (TPSA) is 55.8 Å². The normalized spacial score (nSPS) is 24.6. The van der Waals surface area contributed by atoms with E-state index in [9.17, 15) is 23.1 Å². The number of alkyl halides is 3. The number of carbonyl (C=O) groups excluding carboxylic acids is 1. The number of halogens is 3. The summed E-state index contributed by atoms with van der Waals surface area (Å²) in [5, 5.41) is 10.8. The standard InChI is InChI=1S/C26H31F3O4SSi/c1-32-24(31)23-16-14-19(34-23)11-8-12-21-20(15-13-18-9-6-5-7-10-18)22(30)17-25(21,26(27,28)29)33-35(2,3)4/h5-7,9-10,14,16,20-22,30H,8,11-12,17H2,1-4H3/t20-,21-,22-,25+/m1/s1. The molecule has 1 N–H and O–H groups in total. The SMILES string of the molecule is COC(=O)c1ccc(CCC[C@@H]2[C@@H](C#Cc3ccccc3)[C@H](O)C[C@@]2(O[Si](C)(C)C)C(F)(F)F)s1. The molecule has 3 rings (SSSR count). The summed E-state index contributed by atoms with van der Waals surface area (Å²) < 4.78 is 54.7. The van der Waals surface area contributed by atoms with Gasteiger partial charge < -0.3 is 14.3 Å². The largest absolute Gasteiger partial charge is 0.465 e. The van der Waals surface area contributed by atoms with Crippen molar-refractivity contribution in [1.29, 1.82) is 0 Å². The summed E-state index contributed by atoms with van der Waals surface area (Å²) in [6, 6.07) is 12.5. The first-order chi connectivity index (χ1) is 16.4. The smallest absolute Gasteiger partial charge is 0.416 e. The number of rotatable bonds is 7. The van der Waals surface area contributed by atoms with Crippen LogP contribution in [0, 0.1) is 23.7 Å². The van der Waals surface area contributed by atoms with Gasteiger partial charge in [-0.05, 0) is 63.2 Å². The molecule has 0 spiro atoms. The molecule has 1 saturated carbocycles. The third-order valence-corrected chi connectivity index (χ3v) is 8.17. The molecule has 1 aliphatic carbocycles. The summed E-state index contributed by atoms with van der Waals surface area (Å²) in [6.07, 6.45) is -5.29. The summed E-state index contributed by atoms with van der Waals surface area (Å²) in [4.78, 5) is 13.1. The molecule has 0 amide bonds. The summed E-state index contributed by atoms with van der Waals surface area (Å²) in [7, 11) is -1.33. The van der Waals surface area contributed by atoms with Crippen molar-refractivity contribution in [2.75, 3.05) is 7.11 Å². The molecule has 2 aromatic rings. The molecule has 0 saturated heterocycles. The van der Waals surface area contributed by atoms with Gasteiger partial charge in [-0.1, -0.05) is 30.0 Å². The van der Waals surface area contributed by atoms with Gasteiger partial charge in [0.05, 0.1) is 19.1 Å². The van der Waals surface area contributed by atoms with Crippen LogP contribution in [0.2, 0.25) is 19.6 Å². The van der Waals surface area contributed by atoms with Gasteiger partial charge in [-0.2, -0.15) is 13.2 Å². The highest BCUT2D eigenvalue weighted by Gasteiger charge is 2.68. The van der Waals surface area contributed by atoms with Crippen LogP contribution in [0.4, 0.5) is 13.2 Å². The molecular weight excluding hydrogens is 493 g/mol. The fourth-order valence-electron chi connectivity index (χ4n) is 4.71. The molecule has 190 valence electrons. The lowest BCUT2D eigenvalue weighted by Crippen LogP contribution is -2.56. The molecule has 0 bridgehead atoms. The number of thiophene rings is 1. The van der Waals surface area contributed by atoms with Crippen molar-refractivity contribution in [1.82, 2.24) is 0 Å². The zero-order valence-electron chi connectivity index (χ0n) is 20.3. The molecule has 9 heteroatoms. The molecule has 0 unspecified atom stereocenters. The van der Waals surface area contributed by atoms with Crippen LogP contribution >= 0.6 is 11.3 Å². The van der Waals surface area contributed by atoms with E-state index in [1.54, 1.807) is 43.9 Å². The minimum Gasteiger partial charge on any atom is -0.465 e. The quantitative estimate of drug-likeness (QED) is 0.272. The molecule has 1 aliphatic rings. The van der Waals surface area contributed by atoms with E-state index in [1.807, 2.05) is 18.2 Å². The summed E-state index contributed by atoms with van der Waals surface area (Å²) in [5.41, 5.74) is -1.76. The molecule has 1 heterocycles. The Morgan fingerprint density at radius 3 is 2.49 bits per heavy atom. The number of carbonyl (C=O) groups is 1. The number of aliphatic hydroxyl groups is 1. The number of benzene rings is 1. The maximum atomic E-state index is 14.7. The molecule has 1 aromatic carbocycles. The average molecular weight is 525 g/mol. The Hall–Kier alpha value is -2.12. The summed E-state index contributed by atoms with van der Waals surface area (Å²) in [5.74, 6) is 3.60. The van der Waals surface area contributed by atoms with Gasteiger partial charge in [0, 0.05) is 22.8 Å². The summed E-state index contributed by atoms with van der Waals surface area (Å²) in [6.45, 7) is 5.19. The Morgan fingerprint density at radius 1 is 1.20 bits per heavy atom. The highest BCUT2D eigenvalue weighted by molar-refractivity contribution is 7.13.